The monoisotopic (exact) mass is 195 g/mol. The summed E-state index contributed by atoms with van der Waals surface area (Å²) in [7, 11) is 0. The summed E-state index contributed by atoms with van der Waals surface area (Å²) in [4.78, 5) is 20.1. The summed E-state index contributed by atoms with van der Waals surface area (Å²) < 4.78 is 0. The van der Waals surface area contributed by atoms with E-state index in [9.17, 15) is 15.0 Å². The van der Waals surface area contributed by atoms with Crippen molar-refractivity contribution in [2.24, 2.45) is 5.29 Å². The van der Waals surface area contributed by atoms with E-state index in [1.54, 1.807) is 6.92 Å². The van der Waals surface area contributed by atoms with Crippen LogP contribution in [-0.2, 0) is 0 Å². The summed E-state index contributed by atoms with van der Waals surface area (Å²) in [6.45, 7) is 2.20. The summed E-state index contributed by atoms with van der Waals surface area (Å²) in [5.74, 6) is 0. The molecule has 0 N–H and O–H groups in total. The zero-order valence-corrected chi connectivity index (χ0v) is 7.58. The molecule has 0 spiro atoms. The molecule has 0 fully saturated rings. The van der Waals surface area contributed by atoms with Gasteiger partial charge in [0.25, 0.3) is 5.69 Å². The summed E-state index contributed by atoms with van der Waals surface area (Å²) in [5.41, 5.74) is 0.545. The van der Waals surface area contributed by atoms with Gasteiger partial charge in [-0.2, -0.15) is 0 Å². The Labute approximate surface area is 80.2 Å². The number of nitrogens with zero attached hydrogens (tertiary/aromatic N) is 3. The standard InChI is InChI=1S/C8H9N3O3/c1-2-10(9-12)7-3-5-8(6-4-7)11(13)14/h3-6H,2H2,1H3. The lowest BCUT2D eigenvalue weighted by Crippen LogP contribution is -2.13. The number of nitro groups is 1. The van der Waals surface area contributed by atoms with E-state index in [0.29, 0.717) is 12.2 Å². The van der Waals surface area contributed by atoms with Crippen molar-refractivity contribution < 1.29 is 4.92 Å². The summed E-state index contributed by atoms with van der Waals surface area (Å²) >= 11 is 0. The van der Waals surface area contributed by atoms with E-state index < -0.39 is 4.92 Å². The molecule has 1 aromatic carbocycles. The fourth-order valence-corrected chi connectivity index (χ4v) is 1.03. The first-order valence-corrected chi connectivity index (χ1v) is 4.04. The second-order valence-corrected chi connectivity index (χ2v) is 2.57. The third-order valence-electron chi connectivity index (χ3n) is 1.76. The van der Waals surface area contributed by atoms with Crippen molar-refractivity contribution in [2.45, 2.75) is 6.92 Å². The van der Waals surface area contributed by atoms with Crippen LogP contribution in [0.4, 0.5) is 11.4 Å². The number of nitro benzene ring substituents is 1. The molecule has 0 radical (unpaired) electrons. The van der Waals surface area contributed by atoms with Gasteiger partial charge in [0.05, 0.1) is 15.9 Å². The Hall–Kier alpha value is -1.98. The quantitative estimate of drug-likeness (QED) is 0.418. The maximum absolute atomic E-state index is 10.3. The molecule has 0 atom stereocenters. The van der Waals surface area contributed by atoms with E-state index in [1.165, 1.54) is 29.3 Å². The average Bonchev–Trinajstić information content (AvgIpc) is 2.20. The van der Waals surface area contributed by atoms with Crippen LogP contribution >= 0.6 is 0 Å². The lowest BCUT2D eigenvalue weighted by molar-refractivity contribution is -0.384. The molecule has 0 heterocycles. The number of hydrogen-bond acceptors (Lipinski definition) is 4. The first kappa shape index (κ1) is 10.1. The van der Waals surface area contributed by atoms with E-state index >= 15 is 0 Å². The van der Waals surface area contributed by atoms with Crippen molar-refractivity contribution in [1.29, 1.82) is 0 Å². The highest BCUT2D eigenvalue weighted by Crippen LogP contribution is 2.19. The third kappa shape index (κ3) is 2.03. The Morgan fingerprint density at radius 3 is 2.36 bits per heavy atom. The maximum Gasteiger partial charge on any atom is 0.269 e. The van der Waals surface area contributed by atoms with Gasteiger partial charge in [0.1, 0.15) is 0 Å². The van der Waals surface area contributed by atoms with Gasteiger partial charge in [-0.1, -0.05) is 0 Å². The normalized spacial score (nSPS) is 9.50. The number of nitroso groups, excluding NO2 is 1. The molecule has 1 aromatic rings. The van der Waals surface area contributed by atoms with E-state index in [-0.39, 0.29) is 5.69 Å². The second kappa shape index (κ2) is 4.31. The van der Waals surface area contributed by atoms with Crippen molar-refractivity contribution in [3.63, 3.8) is 0 Å². The summed E-state index contributed by atoms with van der Waals surface area (Å²) in [6.07, 6.45) is 0. The predicted octanol–water partition coefficient (Wildman–Crippen LogP) is 2.10. The van der Waals surface area contributed by atoms with Gasteiger partial charge < -0.3 is 0 Å². The van der Waals surface area contributed by atoms with Crippen molar-refractivity contribution >= 4 is 11.4 Å². The minimum absolute atomic E-state index is 0.00398. The largest absolute Gasteiger partial charge is 0.269 e. The molecule has 0 aromatic heterocycles. The first-order chi connectivity index (χ1) is 6.69. The van der Waals surface area contributed by atoms with Crippen LogP contribution in [0.5, 0.6) is 0 Å². The molecule has 0 aliphatic heterocycles. The average molecular weight is 195 g/mol. The molecule has 0 bridgehead atoms. The van der Waals surface area contributed by atoms with Gasteiger partial charge in [-0.15, -0.1) is 4.91 Å². The van der Waals surface area contributed by atoms with E-state index in [1.807, 2.05) is 0 Å². The lowest BCUT2D eigenvalue weighted by Gasteiger charge is -2.11. The van der Waals surface area contributed by atoms with Crippen molar-refractivity contribution in [1.82, 2.24) is 0 Å². The lowest BCUT2D eigenvalue weighted by atomic mass is 10.3. The molecule has 14 heavy (non-hydrogen) atoms. The molecular formula is C8H9N3O3. The summed E-state index contributed by atoms with van der Waals surface area (Å²) in [6, 6.07) is 5.65. The molecular weight excluding hydrogens is 186 g/mol. The van der Waals surface area contributed by atoms with Crippen LogP contribution in [0.3, 0.4) is 0 Å². The summed E-state index contributed by atoms with van der Waals surface area (Å²) in [5, 5.41) is 14.3. The zero-order valence-electron chi connectivity index (χ0n) is 7.58. The number of benzene rings is 1. The molecule has 6 nitrogen and oxygen atoms in total. The Kier molecular flexibility index (Phi) is 3.11. The molecule has 0 aliphatic carbocycles. The molecule has 0 saturated heterocycles. The number of non-ortho nitro benzene ring substituents is 1. The highest BCUT2D eigenvalue weighted by molar-refractivity contribution is 5.49. The fourth-order valence-electron chi connectivity index (χ4n) is 1.03. The van der Waals surface area contributed by atoms with E-state index in [0.717, 1.165) is 0 Å². The molecule has 0 amide bonds. The van der Waals surface area contributed by atoms with Gasteiger partial charge in [-0.05, 0) is 19.1 Å². The predicted molar refractivity (Wildman–Crippen MR) is 51.9 cm³/mol. The van der Waals surface area contributed by atoms with Crippen LogP contribution in [-0.4, -0.2) is 11.5 Å². The van der Waals surface area contributed by atoms with Crippen LogP contribution in [0.2, 0.25) is 0 Å². The van der Waals surface area contributed by atoms with Crippen molar-refractivity contribution in [3.8, 4) is 0 Å². The zero-order chi connectivity index (χ0) is 10.6. The van der Waals surface area contributed by atoms with Gasteiger partial charge in [0, 0.05) is 18.7 Å². The minimum Gasteiger partial charge on any atom is -0.258 e. The first-order valence-electron chi connectivity index (χ1n) is 4.04. The van der Waals surface area contributed by atoms with Crippen molar-refractivity contribution in [3.05, 3.63) is 39.3 Å². The number of hydrogen-bond donors (Lipinski definition) is 0. The van der Waals surface area contributed by atoms with Gasteiger partial charge in [-0.25, -0.2) is 5.01 Å². The smallest absolute Gasteiger partial charge is 0.258 e. The Morgan fingerprint density at radius 1 is 1.43 bits per heavy atom. The Morgan fingerprint density at radius 2 is 2.00 bits per heavy atom. The second-order valence-electron chi connectivity index (χ2n) is 2.57. The van der Waals surface area contributed by atoms with Gasteiger partial charge in [0.2, 0.25) is 0 Å². The highest BCUT2D eigenvalue weighted by Gasteiger charge is 2.07. The highest BCUT2D eigenvalue weighted by atomic mass is 16.6. The Bertz CT molecular complexity index is 336. The van der Waals surface area contributed by atoms with E-state index in [2.05, 4.69) is 5.29 Å². The van der Waals surface area contributed by atoms with Gasteiger partial charge in [0.15, 0.2) is 0 Å². The topological polar surface area (TPSA) is 75.8 Å². The number of anilines is 1. The van der Waals surface area contributed by atoms with Crippen LogP contribution in [0.15, 0.2) is 29.6 Å². The fraction of sp³-hybridized carbons (Fsp3) is 0.250. The van der Waals surface area contributed by atoms with Gasteiger partial charge >= 0.3 is 0 Å². The van der Waals surface area contributed by atoms with E-state index in [4.69, 9.17) is 0 Å². The van der Waals surface area contributed by atoms with Crippen LogP contribution < -0.4 is 5.01 Å². The van der Waals surface area contributed by atoms with Crippen LogP contribution in [0, 0.1) is 15.0 Å². The molecule has 0 unspecified atom stereocenters. The Balaban J connectivity index is 2.92. The molecule has 6 heteroatoms. The van der Waals surface area contributed by atoms with Crippen LogP contribution in [0.1, 0.15) is 6.92 Å². The molecule has 0 aliphatic rings. The molecule has 74 valence electrons. The van der Waals surface area contributed by atoms with Crippen molar-refractivity contribution in [2.75, 3.05) is 11.6 Å². The molecule has 0 saturated carbocycles. The SMILES string of the molecule is CCN(N=O)c1ccc([N+](=O)[O-])cc1. The minimum atomic E-state index is -0.492. The number of rotatable bonds is 4. The van der Waals surface area contributed by atoms with Crippen LogP contribution in [0.25, 0.3) is 0 Å². The third-order valence-corrected chi connectivity index (χ3v) is 1.76. The molecule has 1 rings (SSSR count). The maximum atomic E-state index is 10.3. The van der Waals surface area contributed by atoms with Gasteiger partial charge in [-0.3, -0.25) is 10.1 Å².